The Morgan fingerprint density at radius 3 is 2.68 bits per heavy atom. The van der Waals surface area contributed by atoms with Crippen LogP contribution in [0.4, 0.5) is 4.79 Å². The Morgan fingerprint density at radius 1 is 1.27 bits per heavy atom. The molecule has 1 aliphatic rings. The van der Waals surface area contributed by atoms with Gasteiger partial charge < -0.3 is 9.64 Å². The number of nitrogens with zero attached hydrogens (tertiary/aromatic N) is 2. The quantitative estimate of drug-likeness (QED) is 0.739. The highest BCUT2D eigenvalue weighted by Crippen LogP contribution is 2.32. The monoisotopic (exact) mass is 318 g/mol. The van der Waals surface area contributed by atoms with Crippen molar-refractivity contribution in [3.05, 3.63) is 41.0 Å². The summed E-state index contributed by atoms with van der Waals surface area (Å²) in [5.74, 6) is 0.280. The third-order valence-corrected chi connectivity index (χ3v) is 3.90. The third kappa shape index (κ3) is 3.02. The molecule has 1 aliphatic heterocycles. The number of likely N-dealkylation sites (tertiary alicyclic amines) is 1. The lowest BCUT2D eigenvalue weighted by molar-refractivity contribution is 0.00829. The summed E-state index contributed by atoms with van der Waals surface area (Å²) in [6.07, 6.45) is -0.255. The molecule has 3 rings (SSSR count). The first-order valence-corrected chi connectivity index (χ1v) is 7.74. The largest absolute Gasteiger partial charge is 0.444 e. The van der Waals surface area contributed by atoms with E-state index in [1.54, 1.807) is 11.0 Å². The highest BCUT2D eigenvalue weighted by molar-refractivity contribution is 6.29. The minimum atomic E-state index is -0.462. The minimum absolute atomic E-state index is 0.255. The van der Waals surface area contributed by atoms with Crippen molar-refractivity contribution in [2.45, 2.75) is 32.3 Å². The molecule has 1 aromatic heterocycles. The summed E-state index contributed by atoms with van der Waals surface area (Å²) in [6.45, 7) is 6.93. The Kier molecular flexibility index (Phi) is 3.73. The summed E-state index contributed by atoms with van der Waals surface area (Å²) in [4.78, 5) is 18.2. The molecule has 0 radical (unpaired) electrons. The van der Waals surface area contributed by atoms with Crippen molar-refractivity contribution < 1.29 is 9.53 Å². The van der Waals surface area contributed by atoms with Crippen LogP contribution in [-0.4, -0.2) is 34.7 Å². The van der Waals surface area contributed by atoms with E-state index in [2.05, 4.69) is 11.1 Å². The zero-order valence-corrected chi connectivity index (χ0v) is 13.7. The highest BCUT2D eigenvalue weighted by atomic mass is 35.5. The van der Waals surface area contributed by atoms with Gasteiger partial charge in [-0.25, -0.2) is 9.78 Å². The van der Waals surface area contributed by atoms with Gasteiger partial charge in [0.15, 0.2) is 0 Å². The summed E-state index contributed by atoms with van der Waals surface area (Å²) in [6, 6.07) is 9.86. The Labute approximate surface area is 135 Å². The number of fused-ring (bicyclic) bond motifs is 1. The van der Waals surface area contributed by atoms with Gasteiger partial charge in [0.05, 0.1) is 5.52 Å². The number of rotatable bonds is 1. The highest BCUT2D eigenvalue weighted by Gasteiger charge is 2.35. The second-order valence-electron chi connectivity index (χ2n) is 6.64. The van der Waals surface area contributed by atoms with E-state index in [0.29, 0.717) is 18.2 Å². The molecule has 116 valence electrons. The molecule has 1 amide bonds. The molecule has 0 bridgehead atoms. The Hall–Kier alpha value is -1.81. The molecule has 0 saturated carbocycles. The summed E-state index contributed by atoms with van der Waals surface area (Å²) in [5, 5.41) is 1.56. The van der Waals surface area contributed by atoms with Crippen LogP contribution in [0.3, 0.4) is 0 Å². The van der Waals surface area contributed by atoms with E-state index < -0.39 is 5.60 Å². The number of aromatic nitrogens is 1. The Bertz CT molecular complexity index is 718. The van der Waals surface area contributed by atoms with Crippen molar-refractivity contribution in [2.24, 2.45) is 0 Å². The first-order valence-electron chi connectivity index (χ1n) is 7.36. The fourth-order valence-electron chi connectivity index (χ4n) is 2.63. The van der Waals surface area contributed by atoms with Gasteiger partial charge >= 0.3 is 6.09 Å². The molecule has 0 spiro atoms. The van der Waals surface area contributed by atoms with E-state index in [1.165, 1.54) is 0 Å². The second kappa shape index (κ2) is 5.43. The zero-order chi connectivity index (χ0) is 15.9. The molecule has 5 heteroatoms. The number of amides is 1. The third-order valence-electron chi connectivity index (χ3n) is 3.69. The lowest BCUT2D eigenvalue weighted by Crippen LogP contribution is -2.50. The lowest BCUT2D eigenvalue weighted by atomic mass is 9.90. The van der Waals surface area contributed by atoms with Crippen LogP contribution < -0.4 is 0 Å². The van der Waals surface area contributed by atoms with E-state index in [4.69, 9.17) is 16.3 Å². The standard InChI is InChI=1S/C17H19ClN2O2/c1-17(2,3)22-16(21)20-9-12(10-20)13-6-4-5-11-7-8-14(18)19-15(11)13/h4-8,12H,9-10H2,1-3H3. The number of pyridine rings is 1. The number of hydrogen-bond donors (Lipinski definition) is 0. The molecule has 1 saturated heterocycles. The number of carbonyl (C=O) groups excluding carboxylic acids is 1. The van der Waals surface area contributed by atoms with Crippen LogP contribution in [0.15, 0.2) is 30.3 Å². The molecule has 0 atom stereocenters. The SMILES string of the molecule is CC(C)(C)OC(=O)N1CC(c2cccc3ccc(Cl)nc23)C1. The molecule has 1 fully saturated rings. The van der Waals surface area contributed by atoms with Gasteiger partial charge in [0.2, 0.25) is 0 Å². The van der Waals surface area contributed by atoms with Crippen molar-refractivity contribution >= 4 is 28.6 Å². The Balaban J connectivity index is 1.76. The van der Waals surface area contributed by atoms with Gasteiger partial charge in [-0.15, -0.1) is 0 Å². The predicted octanol–water partition coefficient (Wildman–Crippen LogP) is 4.22. The molecular formula is C17H19ClN2O2. The minimum Gasteiger partial charge on any atom is -0.444 e. The maximum absolute atomic E-state index is 12.0. The van der Waals surface area contributed by atoms with Gasteiger partial charge in [0.25, 0.3) is 0 Å². The number of benzene rings is 1. The first-order chi connectivity index (χ1) is 10.3. The number of carbonyl (C=O) groups is 1. The lowest BCUT2D eigenvalue weighted by Gasteiger charge is -2.40. The normalized spacial score (nSPS) is 15.7. The fraction of sp³-hybridized carbons (Fsp3) is 0.412. The van der Waals surface area contributed by atoms with Crippen LogP contribution in [0, 0.1) is 0 Å². The molecule has 2 aromatic rings. The first kappa shape index (κ1) is 15.1. The van der Waals surface area contributed by atoms with Gasteiger partial charge in [-0.2, -0.15) is 0 Å². The molecule has 4 nitrogen and oxygen atoms in total. The molecule has 1 aromatic carbocycles. The van der Waals surface area contributed by atoms with Gasteiger partial charge in [0.1, 0.15) is 10.8 Å². The average molecular weight is 319 g/mol. The topological polar surface area (TPSA) is 42.4 Å². The molecule has 2 heterocycles. The van der Waals surface area contributed by atoms with Crippen molar-refractivity contribution in [2.75, 3.05) is 13.1 Å². The maximum atomic E-state index is 12.0. The summed E-state index contributed by atoms with van der Waals surface area (Å²) in [7, 11) is 0. The van der Waals surface area contributed by atoms with Gasteiger partial charge in [-0.3, -0.25) is 0 Å². The number of halogens is 1. The Morgan fingerprint density at radius 2 is 2.00 bits per heavy atom. The number of para-hydroxylation sites is 1. The zero-order valence-electron chi connectivity index (χ0n) is 13.0. The molecule has 0 aliphatic carbocycles. The van der Waals surface area contributed by atoms with E-state index in [1.807, 2.05) is 39.0 Å². The van der Waals surface area contributed by atoms with Crippen LogP contribution in [0.2, 0.25) is 5.15 Å². The predicted molar refractivity (Wildman–Crippen MR) is 87.3 cm³/mol. The van der Waals surface area contributed by atoms with Crippen molar-refractivity contribution in [1.82, 2.24) is 9.88 Å². The molecule has 22 heavy (non-hydrogen) atoms. The number of hydrogen-bond acceptors (Lipinski definition) is 3. The van der Waals surface area contributed by atoms with Crippen LogP contribution in [0.1, 0.15) is 32.3 Å². The van der Waals surface area contributed by atoms with E-state index in [9.17, 15) is 4.79 Å². The number of ether oxygens (including phenoxy) is 1. The van der Waals surface area contributed by atoms with Crippen molar-refractivity contribution in [1.29, 1.82) is 0 Å². The molecule has 0 N–H and O–H groups in total. The van der Waals surface area contributed by atoms with Gasteiger partial charge in [-0.1, -0.05) is 29.8 Å². The van der Waals surface area contributed by atoms with Gasteiger partial charge in [0, 0.05) is 24.4 Å². The average Bonchev–Trinajstić information content (AvgIpc) is 2.35. The van der Waals surface area contributed by atoms with E-state index in [0.717, 1.165) is 16.5 Å². The van der Waals surface area contributed by atoms with E-state index in [-0.39, 0.29) is 12.0 Å². The summed E-state index contributed by atoms with van der Waals surface area (Å²) < 4.78 is 5.38. The maximum Gasteiger partial charge on any atom is 0.410 e. The second-order valence-corrected chi connectivity index (χ2v) is 7.02. The summed E-state index contributed by atoms with van der Waals surface area (Å²) >= 11 is 6.01. The van der Waals surface area contributed by atoms with Crippen LogP contribution in [0.5, 0.6) is 0 Å². The van der Waals surface area contributed by atoms with Crippen LogP contribution in [-0.2, 0) is 4.74 Å². The summed E-state index contributed by atoms with van der Waals surface area (Å²) in [5.41, 5.74) is 1.60. The van der Waals surface area contributed by atoms with Crippen molar-refractivity contribution in [3.63, 3.8) is 0 Å². The smallest absolute Gasteiger partial charge is 0.410 e. The fourth-order valence-corrected chi connectivity index (χ4v) is 2.77. The van der Waals surface area contributed by atoms with Gasteiger partial charge in [-0.05, 0) is 38.5 Å². The molecule has 0 unspecified atom stereocenters. The molecular weight excluding hydrogens is 300 g/mol. The van der Waals surface area contributed by atoms with Crippen LogP contribution in [0.25, 0.3) is 10.9 Å². The van der Waals surface area contributed by atoms with E-state index >= 15 is 0 Å². The van der Waals surface area contributed by atoms with Crippen molar-refractivity contribution in [3.8, 4) is 0 Å². The van der Waals surface area contributed by atoms with Crippen LogP contribution >= 0.6 is 11.6 Å².